The van der Waals surface area contributed by atoms with Gasteiger partial charge in [-0.15, -0.1) is 0 Å². The Morgan fingerprint density at radius 3 is 2.93 bits per heavy atom. The number of carbonyl (C=O) groups excluding carboxylic acids is 2. The minimum atomic E-state index is 0.121. The van der Waals surface area contributed by atoms with Crippen LogP contribution in [0.25, 0.3) is 0 Å². The van der Waals surface area contributed by atoms with Gasteiger partial charge in [-0.25, -0.2) is 5.43 Å². The molecule has 3 aliphatic heterocycles. The molecule has 0 aromatic carbocycles. The number of piperidine rings is 1. The number of hydrogen-bond acceptors (Lipinski definition) is 4. The van der Waals surface area contributed by atoms with E-state index in [1.807, 2.05) is 11.0 Å². The lowest BCUT2D eigenvalue weighted by atomic mass is 9.91. The summed E-state index contributed by atoms with van der Waals surface area (Å²) in [7, 11) is 1.79. The summed E-state index contributed by atoms with van der Waals surface area (Å²) in [5.74, 6) is 1.59. The number of likely N-dealkylation sites (tertiary alicyclic amines) is 1. The molecule has 30 heavy (non-hydrogen) atoms. The van der Waals surface area contributed by atoms with Gasteiger partial charge in [0.1, 0.15) is 11.5 Å². The number of aromatic amines is 1. The van der Waals surface area contributed by atoms with E-state index >= 15 is 0 Å². The van der Waals surface area contributed by atoms with Crippen LogP contribution in [0, 0.1) is 5.92 Å². The largest absolute Gasteiger partial charge is 0.337 e. The fraction of sp³-hybridized carbons (Fsp3) is 0.565. The Kier molecular flexibility index (Phi) is 4.93. The maximum Gasteiger partial charge on any atom is 0.270 e. The van der Waals surface area contributed by atoms with E-state index in [0.717, 1.165) is 50.3 Å². The van der Waals surface area contributed by atoms with E-state index in [1.165, 1.54) is 12.0 Å². The van der Waals surface area contributed by atoms with Gasteiger partial charge >= 0.3 is 0 Å². The molecule has 4 aliphatic rings. The number of allylic oxidation sites excluding steroid dienone is 2. The summed E-state index contributed by atoms with van der Waals surface area (Å²) in [5, 5.41) is 1.61. The molecule has 2 amide bonds. The number of nitrogens with zero attached hydrogens (tertiary/aromatic N) is 3. The zero-order valence-corrected chi connectivity index (χ0v) is 17.9. The molecule has 2 fully saturated rings. The average Bonchev–Trinajstić information content (AvgIpc) is 3.25. The van der Waals surface area contributed by atoms with Crippen LogP contribution in [0.15, 0.2) is 30.0 Å². The van der Waals surface area contributed by atoms with Gasteiger partial charge < -0.3 is 14.8 Å². The topological polar surface area (TPSA) is 71.7 Å². The van der Waals surface area contributed by atoms with Crippen LogP contribution >= 0.6 is 0 Å². The molecule has 7 nitrogen and oxygen atoms in total. The number of carbonyl (C=O) groups is 2. The van der Waals surface area contributed by atoms with Gasteiger partial charge in [-0.2, -0.15) is 0 Å². The van der Waals surface area contributed by atoms with Crippen molar-refractivity contribution in [3.05, 3.63) is 41.2 Å². The monoisotopic (exact) mass is 409 g/mol. The van der Waals surface area contributed by atoms with Crippen molar-refractivity contribution in [3.8, 4) is 0 Å². The zero-order valence-electron chi connectivity index (χ0n) is 17.9. The third-order valence-electron chi connectivity index (χ3n) is 7.10. The van der Waals surface area contributed by atoms with Crippen LogP contribution in [0.5, 0.6) is 0 Å². The molecular formula is C23H31N5O2. The molecule has 2 saturated heterocycles. The first-order valence-electron chi connectivity index (χ1n) is 11.2. The number of amides is 2. The van der Waals surface area contributed by atoms with E-state index in [-0.39, 0.29) is 23.8 Å². The lowest BCUT2D eigenvalue weighted by molar-refractivity contribution is -0.138. The summed E-state index contributed by atoms with van der Waals surface area (Å²) < 4.78 is 0. The fourth-order valence-electron chi connectivity index (χ4n) is 5.27. The first-order valence-corrected chi connectivity index (χ1v) is 11.2. The van der Waals surface area contributed by atoms with Gasteiger partial charge in [0.05, 0.1) is 6.04 Å². The first kappa shape index (κ1) is 19.4. The Hall–Kier alpha value is -2.54. The van der Waals surface area contributed by atoms with Crippen LogP contribution in [0.2, 0.25) is 0 Å². The highest BCUT2D eigenvalue weighted by Crippen LogP contribution is 2.35. The van der Waals surface area contributed by atoms with Gasteiger partial charge in [-0.3, -0.25) is 14.6 Å². The molecule has 160 valence electrons. The quantitative estimate of drug-likeness (QED) is 0.788. The lowest BCUT2D eigenvalue weighted by Gasteiger charge is -2.35. The number of hydrazine groups is 1. The highest BCUT2D eigenvalue weighted by Gasteiger charge is 2.34. The van der Waals surface area contributed by atoms with E-state index in [9.17, 15) is 9.59 Å². The normalized spacial score (nSPS) is 28.9. The molecule has 3 atom stereocenters. The molecule has 0 spiro atoms. The van der Waals surface area contributed by atoms with Crippen molar-refractivity contribution in [2.24, 2.45) is 5.92 Å². The smallest absolute Gasteiger partial charge is 0.270 e. The summed E-state index contributed by atoms with van der Waals surface area (Å²) >= 11 is 0. The number of aromatic nitrogens is 1. The minimum absolute atomic E-state index is 0.121. The van der Waals surface area contributed by atoms with Crippen LogP contribution in [0.1, 0.15) is 55.1 Å². The molecular weight excluding hydrogens is 378 g/mol. The maximum atomic E-state index is 13.1. The van der Waals surface area contributed by atoms with Crippen LogP contribution < -0.4 is 10.3 Å². The third kappa shape index (κ3) is 3.35. The molecule has 1 aromatic rings. The molecule has 5 rings (SSSR count). The van der Waals surface area contributed by atoms with Crippen molar-refractivity contribution in [2.75, 3.05) is 25.0 Å². The fourth-order valence-corrected chi connectivity index (χ4v) is 5.27. The number of anilines is 1. The summed E-state index contributed by atoms with van der Waals surface area (Å²) in [6.07, 6.45) is 12.4. The van der Waals surface area contributed by atoms with E-state index in [2.05, 4.69) is 40.5 Å². The molecule has 3 unspecified atom stereocenters. The van der Waals surface area contributed by atoms with Crippen LogP contribution in [-0.4, -0.2) is 58.9 Å². The van der Waals surface area contributed by atoms with E-state index < -0.39 is 0 Å². The van der Waals surface area contributed by atoms with Crippen molar-refractivity contribution in [1.82, 2.24) is 20.3 Å². The zero-order chi connectivity index (χ0) is 20.8. The van der Waals surface area contributed by atoms with Gasteiger partial charge in [0.15, 0.2) is 0 Å². The van der Waals surface area contributed by atoms with Gasteiger partial charge in [-0.05, 0) is 68.7 Å². The molecule has 0 bridgehead atoms. The lowest BCUT2D eigenvalue weighted by Crippen LogP contribution is -2.53. The highest BCUT2D eigenvalue weighted by molar-refractivity contribution is 5.94. The van der Waals surface area contributed by atoms with Crippen molar-refractivity contribution in [1.29, 1.82) is 0 Å². The van der Waals surface area contributed by atoms with E-state index in [4.69, 9.17) is 0 Å². The molecule has 2 N–H and O–H groups in total. The molecule has 1 aromatic heterocycles. The maximum absolute atomic E-state index is 13.1. The third-order valence-corrected chi connectivity index (χ3v) is 7.10. The summed E-state index contributed by atoms with van der Waals surface area (Å²) in [6.45, 7) is 3.90. The Morgan fingerprint density at radius 1 is 1.23 bits per heavy atom. The molecule has 4 heterocycles. The van der Waals surface area contributed by atoms with Gasteiger partial charge in [0, 0.05) is 38.3 Å². The average molecular weight is 410 g/mol. The summed E-state index contributed by atoms with van der Waals surface area (Å²) in [4.78, 5) is 32.9. The minimum Gasteiger partial charge on any atom is -0.337 e. The Balaban J connectivity index is 1.39. The van der Waals surface area contributed by atoms with Gasteiger partial charge in [0.2, 0.25) is 5.91 Å². The van der Waals surface area contributed by atoms with Crippen LogP contribution in [0.4, 0.5) is 5.82 Å². The van der Waals surface area contributed by atoms with E-state index in [1.54, 1.807) is 12.1 Å². The number of fused-ring (bicyclic) bond motifs is 2. The number of nitrogens with one attached hydrogen (secondary N) is 2. The summed E-state index contributed by atoms with van der Waals surface area (Å²) in [6, 6.07) is 2.49. The molecule has 0 saturated carbocycles. The second-order valence-corrected chi connectivity index (χ2v) is 9.10. The standard InChI is InChI=1S/C23H31N5O2/c1-15-6-3-4-10-27(15)23(30)20-12-17-9-11-28(22(17)24-20)18-8-5-7-16-13-21(29)26(2)25-19(16)14-18/h5,8,12,14-16,19,24-25H,3-4,6-7,9-11,13H2,1-2H3. The van der Waals surface area contributed by atoms with Crippen molar-refractivity contribution in [3.63, 3.8) is 0 Å². The molecule has 7 heteroatoms. The molecule has 0 radical (unpaired) electrons. The predicted octanol–water partition coefficient (Wildman–Crippen LogP) is 2.59. The number of hydrogen-bond donors (Lipinski definition) is 2. The Morgan fingerprint density at radius 2 is 2.10 bits per heavy atom. The van der Waals surface area contributed by atoms with Gasteiger partial charge in [0.25, 0.3) is 5.91 Å². The predicted molar refractivity (Wildman–Crippen MR) is 116 cm³/mol. The van der Waals surface area contributed by atoms with Crippen molar-refractivity contribution < 1.29 is 9.59 Å². The number of H-pyrrole nitrogens is 1. The second-order valence-electron chi connectivity index (χ2n) is 9.10. The van der Waals surface area contributed by atoms with Crippen molar-refractivity contribution >= 4 is 17.6 Å². The first-order chi connectivity index (χ1) is 14.5. The molecule has 1 aliphatic carbocycles. The van der Waals surface area contributed by atoms with Crippen LogP contribution in [0.3, 0.4) is 0 Å². The Bertz CT molecular complexity index is 917. The summed E-state index contributed by atoms with van der Waals surface area (Å²) in [5.41, 5.74) is 6.37. The van der Waals surface area contributed by atoms with E-state index in [0.29, 0.717) is 18.2 Å². The van der Waals surface area contributed by atoms with Crippen LogP contribution in [-0.2, 0) is 11.2 Å². The van der Waals surface area contributed by atoms with Crippen molar-refractivity contribution in [2.45, 2.75) is 57.5 Å². The Labute approximate surface area is 177 Å². The number of rotatable bonds is 2. The van der Waals surface area contributed by atoms with Gasteiger partial charge in [-0.1, -0.05) is 6.08 Å². The highest BCUT2D eigenvalue weighted by atomic mass is 16.2. The SMILES string of the molecule is CC1CCCCN1C(=O)c1cc2c([nH]1)N(C1=CC3NN(C)C(=O)CC3CC=C1)CC2. The second kappa shape index (κ2) is 7.61.